The van der Waals surface area contributed by atoms with E-state index in [2.05, 4.69) is 5.16 Å². The molecule has 2 rings (SSSR count). The van der Waals surface area contributed by atoms with Gasteiger partial charge in [-0.1, -0.05) is 23.4 Å². The molecule has 0 spiro atoms. The van der Waals surface area contributed by atoms with E-state index >= 15 is 0 Å². The maximum atomic E-state index is 12.6. The molecule has 6 heteroatoms. The van der Waals surface area contributed by atoms with E-state index in [0.29, 0.717) is 11.3 Å². The van der Waals surface area contributed by atoms with Crippen LogP contribution in [0.5, 0.6) is 11.5 Å². The minimum Gasteiger partial charge on any atom is -0.457 e. The number of para-hydroxylation sites is 1. The number of benzene rings is 2. The van der Waals surface area contributed by atoms with Gasteiger partial charge in [-0.05, 0) is 30.3 Å². The van der Waals surface area contributed by atoms with E-state index in [-0.39, 0.29) is 5.75 Å². The highest BCUT2D eigenvalue weighted by atomic mass is 19.4. The summed E-state index contributed by atoms with van der Waals surface area (Å²) in [5, 5.41) is 11.4. The van der Waals surface area contributed by atoms with Gasteiger partial charge in [0.25, 0.3) is 0 Å². The van der Waals surface area contributed by atoms with Crippen molar-refractivity contribution in [2.75, 3.05) is 0 Å². The second-order valence-electron chi connectivity index (χ2n) is 3.91. The Morgan fingerprint density at radius 2 is 1.80 bits per heavy atom. The van der Waals surface area contributed by atoms with Crippen LogP contribution in [0.25, 0.3) is 0 Å². The highest BCUT2D eigenvalue weighted by Gasteiger charge is 2.30. The summed E-state index contributed by atoms with van der Waals surface area (Å²) in [6.07, 6.45) is -3.28. The van der Waals surface area contributed by atoms with Crippen LogP contribution in [0.1, 0.15) is 11.1 Å². The first kappa shape index (κ1) is 13.9. The second kappa shape index (κ2) is 5.64. The molecule has 0 aliphatic carbocycles. The lowest BCUT2D eigenvalue weighted by atomic mass is 10.2. The molecule has 3 nitrogen and oxygen atoms in total. The van der Waals surface area contributed by atoms with Crippen LogP contribution in [0.3, 0.4) is 0 Å². The van der Waals surface area contributed by atoms with E-state index in [1.54, 1.807) is 24.3 Å². The topological polar surface area (TPSA) is 41.8 Å². The van der Waals surface area contributed by atoms with E-state index in [4.69, 9.17) is 9.94 Å². The zero-order chi connectivity index (χ0) is 14.6. The van der Waals surface area contributed by atoms with Gasteiger partial charge in [-0.2, -0.15) is 13.2 Å². The van der Waals surface area contributed by atoms with E-state index in [1.165, 1.54) is 12.1 Å². The molecule has 0 fully saturated rings. The molecule has 0 atom stereocenters. The van der Waals surface area contributed by atoms with Crippen LogP contribution in [0.4, 0.5) is 13.2 Å². The normalized spacial score (nSPS) is 11.8. The Balaban J connectivity index is 2.31. The number of halogens is 3. The summed E-state index contributed by atoms with van der Waals surface area (Å²) in [5.74, 6) is 0.350. The third kappa shape index (κ3) is 3.28. The first-order valence-electron chi connectivity index (χ1n) is 5.62. The Bertz CT molecular complexity index is 624. The fraction of sp³-hybridized carbons (Fsp3) is 0.0714. The average molecular weight is 281 g/mol. The van der Waals surface area contributed by atoms with Crippen LogP contribution in [0.2, 0.25) is 0 Å². The summed E-state index contributed by atoms with van der Waals surface area (Å²) < 4.78 is 43.2. The first-order chi connectivity index (χ1) is 9.50. The molecular formula is C14H10F3NO2. The highest BCUT2D eigenvalue weighted by Crippen LogP contribution is 2.33. The third-order valence-corrected chi connectivity index (χ3v) is 2.51. The standard InChI is InChI=1S/C14H10F3NO2/c15-14(16,17)11-5-3-6-12(8-11)20-13-7-2-1-4-10(13)9-18-19/h1-9,19H/b18-9+. The molecule has 0 bridgehead atoms. The van der Waals surface area contributed by atoms with Crippen molar-refractivity contribution >= 4 is 6.21 Å². The molecule has 20 heavy (non-hydrogen) atoms. The van der Waals surface area contributed by atoms with Gasteiger partial charge in [-0.25, -0.2) is 0 Å². The van der Waals surface area contributed by atoms with Crippen LogP contribution >= 0.6 is 0 Å². The number of hydrogen-bond acceptors (Lipinski definition) is 3. The lowest BCUT2D eigenvalue weighted by Gasteiger charge is -2.11. The summed E-state index contributed by atoms with van der Waals surface area (Å²) in [7, 11) is 0. The first-order valence-corrected chi connectivity index (χ1v) is 5.62. The molecular weight excluding hydrogens is 271 g/mol. The van der Waals surface area contributed by atoms with Crippen LogP contribution < -0.4 is 4.74 Å². The molecule has 1 N–H and O–H groups in total. The molecule has 0 aromatic heterocycles. The molecule has 0 unspecified atom stereocenters. The van der Waals surface area contributed by atoms with Crippen LogP contribution in [-0.4, -0.2) is 11.4 Å². The minimum absolute atomic E-state index is 0.0543. The van der Waals surface area contributed by atoms with Gasteiger partial charge in [0, 0.05) is 5.56 Å². The molecule has 2 aromatic carbocycles. The molecule has 0 amide bonds. The summed E-state index contributed by atoms with van der Waals surface area (Å²) in [6, 6.07) is 11.1. The van der Waals surface area contributed by atoms with Crippen LogP contribution in [0, 0.1) is 0 Å². The average Bonchev–Trinajstić information content (AvgIpc) is 2.41. The van der Waals surface area contributed by atoms with Crippen LogP contribution in [-0.2, 0) is 6.18 Å². The summed E-state index contributed by atoms with van der Waals surface area (Å²) in [4.78, 5) is 0. The van der Waals surface area contributed by atoms with Crippen molar-refractivity contribution in [3.05, 3.63) is 59.7 Å². The monoisotopic (exact) mass is 281 g/mol. The van der Waals surface area contributed by atoms with Gasteiger partial charge in [0.2, 0.25) is 0 Å². The molecule has 0 saturated carbocycles. The minimum atomic E-state index is -4.43. The number of rotatable bonds is 3. The van der Waals surface area contributed by atoms with Gasteiger partial charge in [0.15, 0.2) is 0 Å². The Hall–Kier alpha value is -2.50. The lowest BCUT2D eigenvalue weighted by molar-refractivity contribution is -0.137. The molecule has 0 heterocycles. The number of hydrogen-bond donors (Lipinski definition) is 1. The number of alkyl halides is 3. The van der Waals surface area contributed by atoms with Gasteiger partial charge < -0.3 is 9.94 Å². The van der Waals surface area contributed by atoms with E-state index in [1.807, 2.05) is 0 Å². The molecule has 0 radical (unpaired) electrons. The molecule has 0 saturated heterocycles. The van der Waals surface area contributed by atoms with Crippen molar-refractivity contribution in [3.63, 3.8) is 0 Å². The Kier molecular flexibility index (Phi) is 3.93. The predicted molar refractivity (Wildman–Crippen MR) is 67.3 cm³/mol. The second-order valence-corrected chi connectivity index (χ2v) is 3.91. The van der Waals surface area contributed by atoms with Gasteiger partial charge in [0.1, 0.15) is 11.5 Å². The zero-order valence-electron chi connectivity index (χ0n) is 10.1. The van der Waals surface area contributed by atoms with Crippen molar-refractivity contribution in [3.8, 4) is 11.5 Å². The maximum Gasteiger partial charge on any atom is 0.416 e. The largest absolute Gasteiger partial charge is 0.457 e. The zero-order valence-corrected chi connectivity index (χ0v) is 10.1. The molecule has 0 aliphatic rings. The van der Waals surface area contributed by atoms with Gasteiger partial charge in [-0.15, -0.1) is 0 Å². The third-order valence-electron chi connectivity index (χ3n) is 2.51. The van der Waals surface area contributed by atoms with Crippen molar-refractivity contribution in [1.82, 2.24) is 0 Å². The van der Waals surface area contributed by atoms with E-state index < -0.39 is 11.7 Å². The molecule has 0 aliphatic heterocycles. The summed E-state index contributed by atoms with van der Waals surface area (Å²) >= 11 is 0. The SMILES string of the molecule is O/N=C/c1ccccc1Oc1cccc(C(F)(F)F)c1. The van der Waals surface area contributed by atoms with E-state index in [9.17, 15) is 13.2 Å². The van der Waals surface area contributed by atoms with Crippen molar-refractivity contribution < 1.29 is 23.1 Å². The quantitative estimate of drug-likeness (QED) is 0.517. The highest BCUT2D eigenvalue weighted by molar-refractivity contribution is 5.83. The molecule has 104 valence electrons. The van der Waals surface area contributed by atoms with Crippen molar-refractivity contribution in [2.24, 2.45) is 5.16 Å². The fourth-order valence-corrected chi connectivity index (χ4v) is 1.61. The Morgan fingerprint density at radius 3 is 2.50 bits per heavy atom. The molecule has 2 aromatic rings. The van der Waals surface area contributed by atoms with Gasteiger partial charge >= 0.3 is 6.18 Å². The Labute approximate surface area is 112 Å². The van der Waals surface area contributed by atoms with Crippen molar-refractivity contribution in [2.45, 2.75) is 6.18 Å². The smallest absolute Gasteiger partial charge is 0.416 e. The number of oxime groups is 1. The van der Waals surface area contributed by atoms with Gasteiger partial charge in [0.05, 0.1) is 11.8 Å². The number of nitrogens with zero attached hydrogens (tertiary/aromatic N) is 1. The fourth-order valence-electron chi connectivity index (χ4n) is 1.61. The van der Waals surface area contributed by atoms with E-state index in [0.717, 1.165) is 18.3 Å². The van der Waals surface area contributed by atoms with Crippen molar-refractivity contribution in [1.29, 1.82) is 0 Å². The number of ether oxygens (including phenoxy) is 1. The van der Waals surface area contributed by atoms with Crippen LogP contribution in [0.15, 0.2) is 53.7 Å². The van der Waals surface area contributed by atoms with Gasteiger partial charge in [-0.3, -0.25) is 0 Å². The lowest BCUT2D eigenvalue weighted by Crippen LogP contribution is -2.04. The predicted octanol–water partition coefficient (Wildman–Crippen LogP) is 4.31. The summed E-state index contributed by atoms with van der Waals surface area (Å²) in [6.45, 7) is 0. The summed E-state index contributed by atoms with van der Waals surface area (Å²) in [5.41, 5.74) is -0.337. The Morgan fingerprint density at radius 1 is 1.05 bits per heavy atom. The maximum absolute atomic E-state index is 12.6.